The van der Waals surface area contributed by atoms with Crippen molar-refractivity contribution in [1.29, 1.82) is 0 Å². The topological polar surface area (TPSA) is 30.5 Å². The van der Waals surface area contributed by atoms with Gasteiger partial charge in [0.15, 0.2) is 0 Å². The lowest BCUT2D eigenvalue weighted by Gasteiger charge is -2.23. The predicted octanol–water partition coefficient (Wildman–Crippen LogP) is 3.55. The van der Waals surface area contributed by atoms with Crippen LogP contribution in [0.4, 0.5) is 0 Å². The molecule has 120 valence electrons. The van der Waals surface area contributed by atoms with Crippen LogP contribution in [-0.4, -0.2) is 33.4 Å². The number of nitrogens with one attached hydrogen (secondary N) is 1. The highest BCUT2D eigenvalue weighted by Gasteiger charge is 2.19. The molecular weight excluding hydrogens is 262 g/mol. The van der Waals surface area contributed by atoms with Gasteiger partial charge in [0, 0.05) is 20.3 Å². The van der Waals surface area contributed by atoms with Crippen molar-refractivity contribution < 1.29 is 9.47 Å². The second-order valence-corrected chi connectivity index (χ2v) is 6.38. The van der Waals surface area contributed by atoms with Crippen molar-refractivity contribution in [3.63, 3.8) is 0 Å². The maximum absolute atomic E-state index is 5.98. The summed E-state index contributed by atoms with van der Waals surface area (Å²) in [5, 5.41) is 3.37. The first-order valence-corrected chi connectivity index (χ1v) is 7.95. The smallest absolute Gasteiger partial charge is 0.123 e. The monoisotopic (exact) mass is 293 g/mol. The molecule has 1 N–H and O–H groups in total. The van der Waals surface area contributed by atoms with Gasteiger partial charge in [-0.3, -0.25) is 0 Å². The Morgan fingerprint density at radius 1 is 1.10 bits per heavy atom. The van der Waals surface area contributed by atoms with E-state index in [1.54, 1.807) is 7.11 Å². The molecular formula is C18H31NO2. The summed E-state index contributed by atoms with van der Waals surface area (Å²) >= 11 is 0. The van der Waals surface area contributed by atoms with Gasteiger partial charge in [-0.1, -0.05) is 39.8 Å². The van der Waals surface area contributed by atoms with E-state index in [-0.39, 0.29) is 5.41 Å². The minimum atomic E-state index is 0.104. The number of hydrogen-bond donors (Lipinski definition) is 1. The van der Waals surface area contributed by atoms with Crippen LogP contribution in [-0.2, 0) is 16.6 Å². The highest BCUT2D eigenvalue weighted by Crippen LogP contribution is 2.32. The van der Waals surface area contributed by atoms with Crippen molar-refractivity contribution in [1.82, 2.24) is 5.32 Å². The Hall–Kier alpha value is -1.06. The lowest BCUT2D eigenvalue weighted by molar-refractivity contribution is 0.193. The number of ether oxygens (including phenoxy) is 2. The first kappa shape index (κ1) is 18.0. The molecule has 0 unspecified atom stereocenters. The molecule has 0 fully saturated rings. The summed E-state index contributed by atoms with van der Waals surface area (Å²) in [4.78, 5) is 0. The average molecular weight is 293 g/mol. The molecule has 3 heteroatoms. The highest BCUT2D eigenvalue weighted by molar-refractivity contribution is 5.41. The van der Waals surface area contributed by atoms with Crippen molar-refractivity contribution in [2.75, 3.05) is 33.4 Å². The summed E-state index contributed by atoms with van der Waals surface area (Å²) in [6, 6.07) is 6.56. The zero-order valence-corrected chi connectivity index (χ0v) is 14.3. The molecule has 0 aliphatic heterocycles. The Kier molecular flexibility index (Phi) is 7.76. The van der Waals surface area contributed by atoms with E-state index in [0.29, 0.717) is 6.61 Å². The molecule has 0 heterocycles. The molecule has 3 nitrogen and oxygen atoms in total. The van der Waals surface area contributed by atoms with Crippen LogP contribution in [0, 0.1) is 0 Å². The molecule has 0 amide bonds. The van der Waals surface area contributed by atoms with Crippen LogP contribution in [0.25, 0.3) is 0 Å². The van der Waals surface area contributed by atoms with Crippen molar-refractivity contribution in [3.05, 3.63) is 29.3 Å². The molecule has 0 aliphatic rings. The Bertz CT molecular complexity index is 410. The summed E-state index contributed by atoms with van der Waals surface area (Å²) in [6.45, 7) is 12.2. The number of methoxy groups -OCH3 is 1. The van der Waals surface area contributed by atoms with Gasteiger partial charge >= 0.3 is 0 Å². The Labute approximate surface area is 130 Å². The van der Waals surface area contributed by atoms with Crippen molar-refractivity contribution in [2.24, 2.45) is 0 Å². The number of rotatable bonds is 9. The van der Waals surface area contributed by atoms with Gasteiger partial charge in [-0.05, 0) is 42.0 Å². The number of benzene rings is 1. The third-order valence-corrected chi connectivity index (χ3v) is 3.50. The molecule has 0 spiro atoms. The van der Waals surface area contributed by atoms with Crippen molar-refractivity contribution in [3.8, 4) is 5.75 Å². The molecule has 0 saturated heterocycles. The van der Waals surface area contributed by atoms with Crippen molar-refractivity contribution >= 4 is 0 Å². The van der Waals surface area contributed by atoms with Crippen LogP contribution in [0.5, 0.6) is 5.75 Å². The quantitative estimate of drug-likeness (QED) is 0.706. The molecule has 0 atom stereocenters. The van der Waals surface area contributed by atoms with Crippen LogP contribution in [0.2, 0.25) is 0 Å². The predicted molar refractivity (Wildman–Crippen MR) is 89.4 cm³/mol. The second kappa shape index (κ2) is 9.06. The molecule has 1 aromatic carbocycles. The zero-order valence-electron chi connectivity index (χ0n) is 14.3. The van der Waals surface area contributed by atoms with Crippen molar-refractivity contribution in [2.45, 2.75) is 46.0 Å². The minimum Gasteiger partial charge on any atom is -0.492 e. The van der Waals surface area contributed by atoms with E-state index in [0.717, 1.165) is 38.3 Å². The lowest BCUT2D eigenvalue weighted by atomic mass is 9.85. The summed E-state index contributed by atoms with van der Waals surface area (Å²) < 4.78 is 11.0. The number of aryl methyl sites for hydroxylation is 1. The van der Waals surface area contributed by atoms with Crippen LogP contribution < -0.4 is 10.1 Å². The van der Waals surface area contributed by atoms with E-state index in [9.17, 15) is 0 Å². The Morgan fingerprint density at radius 3 is 2.48 bits per heavy atom. The fraction of sp³-hybridized carbons (Fsp3) is 0.667. The summed E-state index contributed by atoms with van der Waals surface area (Å²) in [7, 11) is 1.73. The maximum atomic E-state index is 5.98. The van der Waals surface area contributed by atoms with E-state index in [1.807, 2.05) is 0 Å². The Morgan fingerprint density at radius 2 is 1.86 bits per heavy atom. The fourth-order valence-corrected chi connectivity index (χ4v) is 2.21. The standard InChI is InChI=1S/C18H31NO2/c1-6-15-8-9-17(16(14-15)18(2,3)4)21-13-11-19-10-7-12-20-5/h8-9,14,19H,6-7,10-13H2,1-5H3. The fourth-order valence-electron chi connectivity index (χ4n) is 2.21. The van der Waals surface area contributed by atoms with Gasteiger partial charge in [-0.2, -0.15) is 0 Å². The van der Waals surface area contributed by atoms with E-state index in [1.165, 1.54) is 11.1 Å². The van der Waals surface area contributed by atoms with Crippen LogP contribution in [0.3, 0.4) is 0 Å². The zero-order chi connectivity index (χ0) is 15.7. The van der Waals surface area contributed by atoms with Gasteiger partial charge in [-0.15, -0.1) is 0 Å². The molecule has 1 rings (SSSR count). The SMILES string of the molecule is CCc1ccc(OCCNCCCOC)c(C(C)(C)C)c1. The third-order valence-electron chi connectivity index (χ3n) is 3.50. The van der Waals surface area contributed by atoms with Gasteiger partial charge in [0.2, 0.25) is 0 Å². The average Bonchev–Trinajstić information content (AvgIpc) is 2.45. The molecule has 0 aliphatic carbocycles. The van der Waals surface area contributed by atoms with E-state index in [4.69, 9.17) is 9.47 Å². The third kappa shape index (κ3) is 6.49. The molecule has 21 heavy (non-hydrogen) atoms. The highest BCUT2D eigenvalue weighted by atomic mass is 16.5. The first-order chi connectivity index (χ1) is 9.99. The Balaban J connectivity index is 2.51. The van der Waals surface area contributed by atoms with E-state index in [2.05, 4.69) is 51.2 Å². The molecule has 1 aromatic rings. The molecule has 0 radical (unpaired) electrons. The maximum Gasteiger partial charge on any atom is 0.123 e. The number of hydrogen-bond acceptors (Lipinski definition) is 3. The van der Waals surface area contributed by atoms with Crippen LogP contribution in [0.15, 0.2) is 18.2 Å². The normalized spacial score (nSPS) is 11.7. The molecule has 0 bridgehead atoms. The van der Waals surface area contributed by atoms with E-state index >= 15 is 0 Å². The summed E-state index contributed by atoms with van der Waals surface area (Å²) in [6.07, 6.45) is 2.10. The largest absolute Gasteiger partial charge is 0.492 e. The molecule has 0 aromatic heterocycles. The summed E-state index contributed by atoms with van der Waals surface area (Å²) in [5.41, 5.74) is 2.76. The van der Waals surface area contributed by atoms with Gasteiger partial charge in [0.05, 0.1) is 0 Å². The van der Waals surface area contributed by atoms with Gasteiger partial charge in [0.25, 0.3) is 0 Å². The van der Waals surface area contributed by atoms with Gasteiger partial charge in [-0.25, -0.2) is 0 Å². The lowest BCUT2D eigenvalue weighted by Crippen LogP contribution is -2.23. The summed E-state index contributed by atoms with van der Waals surface area (Å²) in [5.74, 6) is 1.01. The second-order valence-electron chi connectivity index (χ2n) is 6.38. The van der Waals surface area contributed by atoms with Crippen LogP contribution in [0.1, 0.15) is 45.2 Å². The minimum absolute atomic E-state index is 0.104. The van der Waals surface area contributed by atoms with Gasteiger partial charge in [0.1, 0.15) is 12.4 Å². The van der Waals surface area contributed by atoms with Gasteiger partial charge < -0.3 is 14.8 Å². The first-order valence-electron chi connectivity index (χ1n) is 7.95. The van der Waals surface area contributed by atoms with E-state index < -0.39 is 0 Å². The molecule has 0 saturated carbocycles. The van der Waals surface area contributed by atoms with Crippen LogP contribution >= 0.6 is 0 Å².